The molecular formula is C12H17F2N. The molecule has 1 aromatic carbocycles. The molecule has 0 saturated heterocycles. The van der Waals surface area contributed by atoms with Gasteiger partial charge in [-0.3, -0.25) is 0 Å². The van der Waals surface area contributed by atoms with E-state index in [0.717, 1.165) is 12.5 Å². The summed E-state index contributed by atoms with van der Waals surface area (Å²) >= 11 is 0. The van der Waals surface area contributed by atoms with Gasteiger partial charge >= 0.3 is 0 Å². The third-order valence-corrected chi connectivity index (χ3v) is 2.21. The van der Waals surface area contributed by atoms with Crippen molar-refractivity contribution >= 4 is 0 Å². The van der Waals surface area contributed by atoms with Gasteiger partial charge in [-0.05, 0) is 31.9 Å². The maximum Gasteiger partial charge on any atom is 0.249 e. The molecule has 1 aromatic rings. The average molecular weight is 213 g/mol. The van der Waals surface area contributed by atoms with E-state index in [1.807, 2.05) is 19.9 Å². The quantitative estimate of drug-likeness (QED) is 0.820. The zero-order chi connectivity index (χ0) is 11.7. The normalized spacial score (nSPS) is 12.9. The van der Waals surface area contributed by atoms with Gasteiger partial charge in [0.05, 0.1) is 0 Å². The molecule has 84 valence electrons. The Morgan fingerprint density at radius 2 is 1.67 bits per heavy atom. The summed E-state index contributed by atoms with van der Waals surface area (Å²) in [6, 6.07) is 7.10. The van der Waals surface area contributed by atoms with Crippen LogP contribution in [0.25, 0.3) is 0 Å². The SMILES string of the molecule is CC(F)(F)Cc1ccccc1C(C)(C)N. The van der Waals surface area contributed by atoms with Gasteiger partial charge < -0.3 is 5.73 Å². The van der Waals surface area contributed by atoms with E-state index in [1.54, 1.807) is 18.2 Å². The third-order valence-electron chi connectivity index (χ3n) is 2.21. The Bertz CT molecular complexity index is 334. The van der Waals surface area contributed by atoms with Crippen LogP contribution in [0.5, 0.6) is 0 Å². The predicted molar refractivity (Wildman–Crippen MR) is 58.0 cm³/mol. The van der Waals surface area contributed by atoms with Crippen molar-refractivity contribution in [3.63, 3.8) is 0 Å². The van der Waals surface area contributed by atoms with Crippen molar-refractivity contribution in [3.05, 3.63) is 35.4 Å². The van der Waals surface area contributed by atoms with Crippen LogP contribution >= 0.6 is 0 Å². The highest BCUT2D eigenvalue weighted by Crippen LogP contribution is 2.26. The molecule has 15 heavy (non-hydrogen) atoms. The van der Waals surface area contributed by atoms with Gasteiger partial charge in [0.2, 0.25) is 5.92 Å². The van der Waals surface area contributed by atoms with Gasteiger partial charge in [-0.1, -0.05) is 24.3 Å². The molecule has 0 amide bonds. The predicted octanol–water partition coefficient (Wildman–Crippen LogP) is 3.08. The summed E-state index contributed by atoms with van der Waals surface area (Å²) in [6.45, 7) is 4.56. The van der Waals surface area contributed by atoms with E-state index >= 15 is 0 Å². The summed E-state index contributed by atoms with van der Waals surface area (Å²) in [6.07, 6.45) is -0.260. The zero-order valence-electron chi connectivity index (χ0n) is 9.35. The molecule has 0 bridgehead atoms. The van der Waals surface area contributed by atoms with Crippen LogP contribution in [0, 0.1) is 0 Å². The number of rotatable bonds is 3. The van der Waals surface area contributed by atoms with Crippen molar-refractivity contribution in [2.24, 2.45) is 5.73 Å². The average Bonchev–Trinajstić information content (AvgIpc) is 1.99. The molecule has 1 rings (SSSR count). The molecule has 0 radical (unpaired) electrons. The summed E-state index contributed by atoms with van der Waals surface area (Å²) in [7, 11) is 0. The van der Waals surface area contributed by atoms with Crippen molar-refractivity contribution in [2.45, 2.75) is 38.7 Å². The smallest absolute Gasteiger partial charge is 0.249 e. The lowest BCUT2D eigenvalue weighted by molar-refractivity contribution is 0.0222. The second-order valence-corrected chi connectivity index (χ2v) is 4.63. The fourth-order valence-corrected chi connectivity index (χ4v) is 1.64. The Morgan fingerprint density at radius 1 is 1.13 bits per heavy atom. The minimum Gasteiger partial charge on any atom is -0.322 e. The van der Waals surface area contributed by atoms with E-state index in [2.05, 4.69) is 0 Å². The molecule has 0 heterocycles. The van der Waals surface area contributed by atoms with E-state index < -0.39 is 11.5 Å². The van der Waals surface area contributed by atoms with E-state index in [1.165, 1.54) is 0 Å². The number of hydrogen-bond acceptors (Lipinski definition) is 1. The highest BCUT2D eigenvalue weighted by Gasteiger charge is 2.26. The maximum atomic E-state index is 12.9. The van der Waals surface area contributed by atoms with Crippen LogP contribution in [0.15, 0.2) is 24.3 Å². The number of nitrogens with two attached hydrogens (primary N) is 1. The number of alkyl halides is 2. The lowest BCUT2D eigenvalue weighted by Crippen LogP contribution is -2.31. The van der Waals surface area contributed by atoms with E-state index in [-0.39, 0.29) is 6.42 Å². The summed E-state index contributed by atoms with van der Waals surface area (Å²) in [5.41, 5.74) is 6.76. The molecule has 3 heteroatoms. The number of hydrogen-bond donors (Lipinski definition) is 1. The standard InChI is InChI=1S/C12H17F2N/c1-11(2,15)10-7-5-4-6-9(10)8-12(3,13)14/h4-7H,8,15H2,1-3H3. The van der Waals surface area contributed by atoms with Crippen LogP contribution in [-0.2, 0) is 12.0 Å². The van der Waals surface area contributed by atoms with Gasteiger partial charge in [0.25, 0.3) is 0 Å². The minimum atomic E-state index is -2.69. The lowest BCUT2D eigenvalue weighted by atomic mass is 9.89. The van der Waals surface area contributed by atoms with E-state index in [4.69, 9.17) is 5.73 Å². The van der Waals surface area contributed by atoms with Gasteiger partial charge in [0.15, 0.2) is 0 Å². The van der Waals surface area contributed by atoms with Crippen LogP contribution in [0.2, 0.25) is 0 Å². The molecule has 0 atom stereocenters. The summed E-state index contributed by atoms with van der Waals surface area (Å²) in [4.78, 5) is 0. The van der Waals surface area contributed by atoms with Gasteiger partial charge in [-0.15, -0.1) is 0 Å². The Morgan fingerprint density at radius 3 is 2.13 bits per heavy atom. The monoisotopic (exact) mass is 213 g/mol. The fourth-order valence-electron chi connectivity index (χ4n) is 1.64. The molecule has 0 spiro atoms. The summed E-state index contributed by atoms with van der Waals surface area (Å²) < 4.78 is 25.9. The topological polar surface area (TPSA) is 26.0 Å². The second-order valence-electron chi connectivity index (χ2n) is 4.63. The molecule has 0 aliphatic carbocycles. The van der Waals surface area contributed by atoms with Crippen LogP contribution in [-0.4, -0.2) is 5.92 Å². The minimum absolute atomic E-state index is 0.260. The molecule has 0 fully saturated rings. The molecule has 2 N–H and O–H groups in total. The van der Waals surface area contributed by atoms with Crippen molar-refractivity contribution in [3.8, 4) is 0 Å². The molecule has 0 saturated carbocycles. The molecule has 1 nitrogen and oxygen atoms in total. The molecule has 0 aromatic heterocycles. The van der Waals surface area contributed by atoms with Crippen LogP contribution in [0.1, 0.15) is 31.9 Å². The van der Waals surface area contributed by atoms with Crippen molar-refractivity contribution in [1.82, 2.24) is 0 Å². The van der Waals surface area contributed by atoms with Crippen molar-refractivity contribution in [1.29, 1.82) is 0 Å². The molecule has 0 unspecified atom stereocenters. The zero-order valence-corrected chi connectivity index (χ0v) is 9.35. The van der Waals surface area contributed by atoms with Crippen LogP contribution < -0.4 is 5.73 Å². The number of benzene rings is 1. The molecule has 0 aliphatic rings. The third kappa shape index (κ3) is 3.59. The Kier molecular flexibility index (Phi) is 3.14. The first-order valence-corrected chi connectivity index (χ1v) is 4.95. The van der Waals surface area contributed by atoms with E-state index in [9.17, 15) is 8.78 Å². The van der Waals surface area contributed by atoms with Gasteiger partial charge in [-0.25, -0.2) is 8.78 Å². The van der Waals surface area contributed by atoms with Crippen LogP contribution in [0.3, 0.4) is 0 Å². The van der Waals surface area contributed by atoms with Gasteiger partial charge in [0.1, 0.15) is 0 Å². The first-order valence-electron chi connectivity index (χ1n) is 4.95. The first kappa shape index (κ1) is 12.1. The van der Waals surface area contributed by atoms with Crippen molar-refractivity contribution in [2.75, 3.05) is 0 Å². The highest BCUT2D eigenvalue weighted by atomic mass is 19.3. The Labute approximate surface area is 89.3 Å². The second kappa shape index (κ2) is 3.89. The Balaban J connectivity index is 3.08. The van der Waals surface area contributed by atoms with Crippen molar-refractivity contribution < 1.29 is 8.78 Å². The largest absolute Gasteiger partial charge is 0.322 e. The molecule has 0 aliphatic heterocycles. The first-order chi connectivity index (χ1) is 6.70. The van der Waals surface area contributed by atoms with Gasteiger partial charge in [-0.2, -0.15) is 0 Å². The molecular weight excluding hydrogens is 196 g/mol. The lowest BCUT2D eigenvalue weighted by Gasteiger charge is -2.24. The summed E-state index contributed by atoms with van der Waals surface area (Å²) in [5, 5.41) is 0. The fraction of sp³-hybridized carbons (Fsp3) is 0.500. The maximum absolute atomic E-state index is 12.9. The highest BCUT2D eigenvalue weighted by molar-refractivity contribution is 5.33. The van der Waals surface area contributed by atoms with Gasteiger partial charge in [0, 0.05) is 12.0 Å². The Hall–Kier alpha value is -0.960. The van der Waals surface area contributed by atoms with Crippen LogP contribution in [0.4, 0.5) is 8.78 Å². The number of halogens is 2. The van der Waals surface area contributed by atoms with E-state index in [0.29, 0.717) is 5.56 Å². The summed E-state index contributed by atoms with van der Waals surface area (Å²) in [5.74, 6) is -2.69.